The van der Waals surface area contributed by atoms with Crippen molar-refractivity contribution in [2.75, 3.05) is 13.6 Å². The first kappa shape index (κ1) is 12.2. The molecule has 0 saturated carbocycles. The summed E-state index contributed by atoms with van der Waals surface area (Å²) in [5.41, 5.74) is 0. The fourth-order valence-corrected chi connectivity index (χ4v) is 1.38. The Morgan fingerprint density at radius 3 is 2.38 bits per heavy atom. The molecule has 3 heteroatoms. The molecular formula is C10H19NO2. The van der Waals surface area contributed by atoms with E-state index in [4.69, 9.17) is 5.11 Å². The van der Waals surface area contributed by atoms with Crippen molar-refractivity contribution in [3.8, 4) is 0 Å². The smallest absolute Gasteiger partial charge is 0.328 e. The minimum absolute atomic E-state index is 0.554. The highest BCUT2D eigenvalue weighted by molar-refractivity contribution is 5.79. The maximum Gasteiger partial charge on any atom is 0.328 e. The predicted octanol–water partition coefficient (Wildman–Crippen LogP) is 1.75. The van der Waals surface area contributed by atoms with E-state index in [9.17, 15) is 4.79 Å². The number of carbonyl (C=O) groups is 1. The van der Waals surface area contributed by atoms with Crippen molar-refractivity contribution in [1.82, 2.24) is 4.90 Å². The Bertz CT molecular complexity index is 174. The van der Waals surface area contributed by atoms with Crippen molar-refractivity contribution in [2.45, 2.75) is 32.7 Å². The van der Waals surface area contributed by atoms with Gasteiger partial charge in [-0.2, -0.15) is 0 Å². The molecule has 0 aromatic heterocycles. The molecule has 0 aromatic carbocycles. The van der Waals surface area contributed by atoms with E-state index in [0.717, 1.165) is 12.8 Å². The van der Waals surface area contributed by atoms with Crippen molar-refractivity contribution >= 4 is 5.97 Å². The summed E-state index contributed by atoms with van der Waals surface area (Å²) in [6.07, 6.45) is 5.08. The number of carboxylic acid groups (broad SMARTS) is 1. The summed E-state index contributed by atoms with van der Waals surface area (Å²) >= 11 is 0. The fourth-order valence-electron chi connectivity index (χ4n) is 1.38. The number of rotatable bonds is 6. The van der Waals surface area contributed by atoms with E-state index < -0.39 is 5.97 Å². The van der Waals surface area contributed by atoms with Crippen LogP contribution >= 0.6 is 0 Å². The first-order valence-corrected chi connectivity index (χ1v) is 4.71. The van der Waals surface area contributed by atoms with Gasteiger partial charge in [0.25, 0.3) is 0 Å². The van der Waals surface area contributed by atoms with Crippen LogP contribution in [0.4, 0.5) is 0 Å². The molecule has 0 saturated heterocycles. The molecule has 0 bridgehead atoms. The van der Waals surface area contributed by atoms with E-state index in [2.05, 4.69) is 18.7 Å². The number of hydrogen-bond donors (Lipinski definition) is 1. The van der Waals surface area contributed by atoms with Gasteiger partial charge in [-0.05, 0) is 19.9 Å². The van der Waals surface area contributed by atoms with Crippen LogP contribution in [-0.2, 0) is 4.79 Å². The van der Waals surface area contributed by atoms with Crippen LogP contribution in [0.5, 0.6) is 0 Å². The molecule has 0 aromatic rings. The first-order valence-electron chi connectivity index (χ1n) is 4.71. The third kappa shape index (κ3) is 5.42. The van der Waals surface area contributed by atoms with E-state index in [1.54, 1.807) is 6.08 Å². The molecule has 0 rings (SSSR count). The van der Waals surface area contributed by atoms with E-state index in [0.29, 0.717) is 12.6 Å². The number of carboxylic acids is 1. The van der Waals surface area contributed by atoms with Gasteiger partial charge in [0.05, 0.1) is 0 Å². The molecule has 0 heterocycles. The Morgan fingerprint density at radius 1 is 1.46 bits per heavy atom. The number of nitrogens with zero attached hydrogens (tertiary/aromatic N) is 1. The lowest BCUT2D eigenvalue weighted by Gasteiger charge is -2.24. The lowest BCUT2D eigenvalue weighted by atomic mass is 10.1. The van der Waals surface area contributed by atoms with E-state index in [-0.39, 0.29) is 0 Å². The Kier molecular flexibility index (Phi) is 6.24. The van der Waals surface area contributed by atoms with Crippen molar-refractivity contribution < 1.29 is 9.90 Å². The van der Waals surface area contributed by atoms with E-state index in [1.165, 1.54) is 6.08 Å². The lowest BCUT2D eigenvalue weighted by Crippen LogP contribution is -2.30. The topological polar surface area (TPSA) is 40.5 Å². The van der Waals surface area contributed by atoms with Gasteiger partial charge in [0.1, 0.15) is 0 Å². The van der Waals surface area contributed by atoms with Crippen LogP contribution in [0.3, 0.4) is 0 Å². The summed E-state index contributed by atoms with van der Waals surface area (Å²) in [6.45, 7) is 5.00. The fraction of sp³-hybridized carbons (Fsp3) is 0.700. The van der Waals surface area contributed by atoms with Gasteiger partial charge in [0.15, 0.2) is 0 Å². The third-order valence-corrected chi connectivity index (χ3v) is 2.22. The zero-order valence-corrected chi connectivity index (χ0v) is 8.66. The van der Waals surface area contributed by atoms with Gasteiger partial charge >= 0.3 is 5.97 Å². The van der Waals surface area contributed by atoms with Crippen LogP contribution in [-0.4, -0.2) is 35.6 Å². The second-order valence-electron chi connectivity index (χ2n) is 3.15. The van der Waals surface area contributed by atoms with Crippen LogP contribution in [0.25, 0.3) is 0 Å². The van der Waals surface area contributed by atoms with Gasteiger partial charge in [0.2, 0.25) is 0 Å². The standard InChI is InChI=1S/C10H19NO2/c1-4-9(5-2)11(3)8-6-7-10(12)13/h6-7,9H,4-5,8H2,1-3H3,(H,12,13). The maximum atomic E-state index is 10.2. The highest BCUT2D eigenvalue weighted by atomic mass is 16.4. The molecule has 0 aliphatic rings. The Balaban J connectivity index is 3.84. The van der Waals surface area contributed by atoms with Crippen LogP contribution < -0.4 is 0 Å². The van der Waals surface area contributed by atoms with Gasteiger partial charge in [-0.15, -0.1) is 0 Å². The van der Waals surface area contributed by atoms with E-state index in [1.807, 2.05) is 7.05 Å². The summed E-state index contributed by atoms with van der Waals surface area (Å²) in [5.74, 6) is -0.877. The number of aliphatic carboxylic acids is 1. The second-order valence-corrected chi connectivity index (χ2v) is 3.15. The quantitative estimate of drug-likeness (QED) is 0.641. The van der Waals surface area contributed by atoms with Gasteiger partial charge in [-0.25, -0.2) is 4.79 Å². The van der Waals surface area contributed by atoms with Crippen LogP contribution in [0, 0.1) is 0 Å². The Hall–Kier alpha value is -0.830. The first-order chi connectivity index (χ1) is 6.11. The minimum Gasteiger partial charge on any atom is -0.478 e. The molecule has 3 nitrogen and oxygen atoms in total. The molecule has 13 heavy (non-hydrogen) atoms. The molecule has 0 aliphatic carbocycles. The van der Waals surface area contributed by atoms with Gasteiger partial charge in [0, 0.05) is 18.7 Å². The lowest BCUT2D eigenvalue weighted by molar-refractivity contribution is -0.131. The number of likely N-dealkylation sites (N-methyl/N-ethyl adjacent to an activating group) is 1. The average molecular weight is 185 g/mol. The highest BCUT2D eigenvalue weighted by Crippen LogP contribution is 2.05. The van der Waals surface area contributed by atoms with Gasteiger partial charge in [-0.3, -0.25) is 4.90 Å². The molecule has 1 N–H and O–H groups in total. The Labute approximate surface area is 80.0 Å². The maximum absolute atomic E-state index is 10.2. The molecule has 0 spiro atoms. The van der Waals surface area contributed by atoms with Crippen molar-refractivity contribution in [3.63, 3.8) is 0 Å². The largest absolute Gasteiger partial charge is 0.478 e. The molecule has 0 unspecified atom stereocenters. The van der Waals surface area contributed by atoms with Crippen LogP contribution in [0.1, 0.15) is 26.7 Å². The number of hydrogen-bond acceptors (Lipinski definition) is 2. The monoisotopic (exact) mass is 185 g/mol. The minimum atomic E-state index is -0.877. The summed E-state index contributed by atoms with van der Waals surface area (Å²) in [7, 11) is 2.02. The van der Waals surface area contributed by atoms with Gasteiger partial charge in [-0.1, -0.05) is 19.9 Å². The highest BCUT2D eigenvalue weighted by Gasteiger charge is 2.07. The normalized spacial score (nSPS) is 11.8. The molecule has 0 fully saturated rings. The predicted molar refractivity (Wildman–Crippen MR) is 53.8 cm³/mol. The molecule has 0 amide bonds. The molecule has 76 valence electrons. The zero-order chi connectivity index (χ0) is 10.3. The van der Waals surface area contributed by atoms with Crippen molar-refractivity contribution in [2.24, 2.45) is 0 Å². The van der Waals surface area contributed by atoms with Crippen molar-refractivity contribution in [3.05, 3.63) is 12.2 Å². The summed E-state index contributed by atoms with van der Waals surface area (Å²) in [4.78, 5) is 12.4. The van der Waals surface area contributed by atoms with Gasteiger partial charge < -0.3 is 5.11 Å². The Morgan fingerprint density at radius 2 is 2.00 bits per heavy atom. The second kappa shape index (κ2) is 6.66. The van der Waals surface area contributed by atoms with E-state index >= 15 is 0 Å². The average Bonchev–Trinajstić information content (AvgIpc) is 2.05. The molecular weight excluding hydrogens is 166 g/mol. The SMILES string of the molecule is CCC(CC)N(C)CC=CC(=O)O. The molecule has 0 radical (unpaired) electrons. The van der Waals surface area contributed by atoms with Crippen LogP contribution in [0.2, 0.25) is 0 Å². The third-order valence-electron chi connectivity index (χ3n) is 2.22. The zero-order valence-electron chi connectivity index (χ0n) is 8.66. The summed E-state index contributed by atoms with van der Waals surface area (Å²) in [5, 5.41) is 8.37. The molecule has 0 atom stereocenters. The summed E-state index contributed by atoms with van der Waals surface area (Å²) < 4.78 is 0. The van der Waals surface area contributed by atoms with Crippen LogP contribution in [0.15, 0.2) is 12.2 Å². The molecule has 0 aliphatic heterocycles. The summed E-state index contributed by atoms with van der Waals surface area (Å²) in [6, 6.07) is 0.554. The van der Waals surface area contributed by atoms with Crippen molar-refractivity contribution in [1.29, 1.82) is 0 Å².